The number of rotatable bonds is 5. The van der Waals surface area contributed by atoms with E-state index in [1.807, 2.05) is 6.07 Å². The summed E-state index contributed by atoms with van der Waals surface area (Å²) in [6.45, 7) is -0.257. The lowest BCUT2D eigenvalue weighted by Gasteiger charge is -2.37. The zero-order chi connectivity index (χ0) is 22.0. The summed E-state index contributed by atoms with van der Waals surface area (Å²) < 4.78 is 5.29. The number of Topliss-reactive ketones (excluding diaryl/α,β-unsaturated/α-hetero) is 1. The van der Waals surface area contributed by atoms with Crippen LogP contribution in [0.1, 0.15) is 42.5 Å². The van der Waals surface area contributed by atoms with E-state index < -0.39 is 0 Å². The van der Waals surface area contributed by atoms with Gasteiger partial charge < -0.3 is 4.74 Å². The van der Waals surface area contributed by atoms with Crippen molar-refractivity contribution in [1.29, 1.82) is 0 Å². The first-order chi connectivity index (χ1) is 15.5. The normalized spacial score (nSPS) is 38.9. The molecular formula is C26H27NO5. The first-order valence-electron chi connectivity index (χ1n) is 11.8. The van der Waals surface area contributed by atoms with Gasteiger partial charge in [0.1, 0.15) is 0 Å². The van der Waals surface area contributed by atoms with Crippen LogP contribution in [0.4, 0.5) is 0 Å². The van der Waals surface area contributed by atoms with Crippen LogP contribution in [0.3, 0.4) is 0 Å². The minimum absolute atomic E-state index is 0.0178. The maximum atomic E-state index is 13.3. The number of allylic oxidation sites excluding steroid dienone is 2. The molecule has 5 aliphatic carbocycles. The monoisotopic (exact) mass is 433 g/mol. The average molecular weight is 434 g/mol. The molecule has 0 spiro atoms. The van der Waals surface area contributed by atoms with E-state index in [1.54, 1.807) is 29.2 Å². The van der Waals surface area contributed by atoms with Crippen molar-refractivity contribution in [3.8, 4) is 0 Å². The van der Waals surface area contributed by atoms with Gasteiger partial charge in [-0.15, -0.1) is 0 Å². The molecule has 6 heteroatoms. The van der Waals surface area contributed by atoms with E-state index in [9.17, 15) is 19.2 Å². The molecule has 2 bridgehead atoms. The number of carbonyl (C=O) groups is 4. The second-order valence-corrected chi connectivity index (χ2v) is 10.1. The van der Waals surface area contributed by atoms with Gasteiger partial charge in [-0.1, -0.05) is 42.5 Å². The highest BCUT2D eigenvalue weighted by atomic mass is 16.5. The van der Waals surface area contributed by atoms with Gasteiger partial charge in [-0.25, -0.2) is 0 Å². The Kier molecular flexibility index (Phi) is 4.60. The third kappa shape index (κ3) is 2.99. The van der Waals surface area contributed by atoms with Gasteiger partial charge >= 0.3 is 5.97 Å². The first kappa shape index (κ1) is 19.9. The Morgan fingerprint density at radius 3 is 2.06 bits per heavy atom. The number of ketones is 1. The Morgan fingerprint density at radius 2 is 1.47 bits per heavy atom. The third-order valence-corrected chi connectivity index (χ3v) is 8.53. The zero-order valence-electron chi connectivity index (χ0n) is 17.9. The Labute approximate surface area is 187 Å². The summed E-state index contributed by atoms with van der Waals surface area (Å²) in [4.78, 5) is 52.8. The second-order valence-electron chi connectivity index (χ2n) is 10.1. The van der Waals surface area contributed by atoms with E-state index in [0.717, 1.165) is 6.42 Å². The molecule has 1 aliphatic heterocycles. The van der Waals surface area contributed by atoms with Crippen LogP contribution in [0.25, 0.3) is 0 Å². The number of hydrogen-bond acceptors (Lipinski definition) is 5. The van der Waals surface area contributed by atoms with Crippen molar-refractivity contribution >= 4 is 23.6 Å². The van der Waals surface area contributed by atoms with Gasteiger partial charge in [-0.2, -0.15) is 0 Å². The Hall–Kier alpha value is -2.76. The van der Waals surface area contributed by atoms with Crippen LogP contribution in [0.5, 0.6) is 0 Å². The molecule has 6 aliphatic rings. The second kappa shape index (κ2) is 7.39. The van der Waals surface area contributed by atoms with E-state index in [1.165, 1.54) is 0 Å². The fourth-order valence-corrected chi connectivity index (χ4v) is 6.87. The number of likely N-dealkylation sites (tertiary alicyclic amines) is 1. The van der Waals surface area contributed by atoms with Crippen molar-refractivity contribution in [3.63, 3.8) is 0 Å². The van der Waals surface area contributed by atoms with E-state index in [4.69, 9.17) is 4.74 Å². The van der Waals surface area contributed by atoms with Crippen LogP contribution < -0.4 is 0 Å². The lowest BCUT2D eigenvalue weighted by molar-refractivity contribution is -0.149. The van der Waals surface area contributed by atoms with Crippen molar-refractivity contribution in [2.24, 2.45) is 41.4 Å². The number of amides is 2. The molecule has 1 aromatic rings. The Morgan fingerprint density at radius 1 is 0.875 bits per heavy atom. The molecule has 32 heavy (non-hydrogen) atoms. The van der Waals surface area contributed by atoms with Crippen LogP contribution in [-0.2, 0) is 19.1 Å². The van der Waals surface area contributed by atoms with Crippen LogP contribution in [0, 0.1) is 41.4 Å². The predicted octanol–water partition coefficient (Wildman–Crippen LogP) is 3.02. The number of hydrogen-bond donors (Lipinski definition) is 0. The molecular weight excluding hydrogens is 406 g/mol. The molecule has 6 atom stereocenters. The molecule has 1 saturated heterocycles. The van der Waals surface area contributed by atoms with Crippen LogP contribution in [-0.4, -0.2) is 41.1 Å². The number of benzene rings is 1. The fraction of sp³-hybridized carbons (Fsp3) is 0.538. The molecule has 3 saturated carbocycles. The molecule has 4 fully saturated rings. The Balaban J connectivity index is 1.05. The largest absolute Gasteiger partial charge is 0.457 e. The SMILES string of the molecule is O=C(COC(=O)C1CCC(N2C(=O)[C@@H]3[C@H]4C=C[C@@H]([C@@H]5C[C@@H]45)[C@H]3C2=O)CC1)c1ccccc1. The third-order valence-electron chi connectivity index (χ3n) is 8.53. The lowest BCUT2D eigenvalue weighted by atomic mass is 9.63. The highest BCUT2D eigenvalue weighted by Crippen LogP contribution is 2.65. The van der Waals surface area contributed by atoms with Crippen molar-refractivity contribution in [2.45, 2.75) is 38.1 Å². The lowest BCUT2D eigenvalue weighted by Crippen LogP contribution is -2.44. The highest BCUT2D eigenvalue weighted by molar-refractivity contribution is 6.06. The summed E-state index contributed by atoms with van der Waals surface area (Å²) in [7, 11) is 0. The molecule has 1 heterocycles. The number of esters is 1. The molecule has 2 amide bonds. The minimum atomic E-state index is -0.359. The number of carbonyl (C=O) groups excluding carboxylic acids is 4. The minimum Gasteiger partial charge on any atom is -0.457 e. The van der Waals surface area contributed by atoms with E-state index in [-0.39, 0.29) is 65.8 Å². The van der Waals surface area contributed by atoms with Crippen molar-refractivity contribution < 1.29 is 23.9 Å². The van der Waals surface area contributed by atoms with Gasteiger partial charge in [-0.05, 0) is 55.8 Å². The maximum Gasteiger partial charge on any atom is 0.309 e. The predicted molar refractivity (Wildman–Crippen MR) is 114 cm³/mol. The van der Waals surface area contributed by atoms with Gasteiger partial charge in [0, 0.05) is 11.6 Å². The molecule has 0 radical (unpaired) electrons. The van der Waals surface area contributed by atoms with Gasteiger partial charge in [0.2, 0.25) is 11.8 Å². The van der Waals surface area contributed by atoms with Gasteiger partial charge in [0.25, 0.3) is 0 Å². The summed E-state index contributed by atoms with van der Waals surface area (Å²) in [6, 6.07) is 8.67. The molecule has 166 valence electrons. The zero-order valence-corrected chi connectivity index (χ0v) is 17.9. The van der Waals surface area contributed by atoms with Gasteiger partial charge in [0.15, 0.2) is 12.4 Å². The number of imide groups is 1. The topological polar surface area (TPSA) is 80.8 Å². The van der Waals surface area contributed by atoms with Crippen molar-refractivity contribution in [1.82, 2.24) is 4.90 Å². The van der Waals surface area contributed by atoms with Crippen LogP contribution in [0.2, 0.25) is 0 Å². The maximum absolute atomic E-state index is 13.3. The van der Waals surface area contributed by atoms with E-state index in [0.29, 0.717) is 43.1 Å². The summed E-state index contributed by atoms with van der Waals surface area (Å²) in [5.74, 6) is 0.547. The average Bonchev–Trinajstić information content (AvgIpc) is 3.61. The standard InChI is InChI=1S/C26H27NO5/c28-21(14-4-2-1-3-5-14)13-32-26(31)15-6-8-16(9-7-15)27-24(29)22-17-10-11-18(20-12-19(17)20)23(22)25(27)30/h1-5,10-11,15-20,22-23H,6-9,12-13H2/t15?,16?,17-,18-,19-,20-,22+,23+/m0/s1. The van der Waals surface area contributed by atoms with Crippen molar-refractivity contribution in [3.05, 3.63) is 48.0 Å². The smallest absolute Gasteiger partial charge is 0.309 e. The van der Waals surface area contributed by atoms with Gasteiger partial charge in [-0.3, -0.25) is 24.1 Å². The Bertz CT molecular complexity index is 972. The number of ether oxygens (including phenoxy) is 1. The summed E-state index contributed by atoms with van der Waals surface area (Å²) in [6.07, 6.45) is 7.95. The molecule has 1 aromatic carbocycles. The molecule has 0 N–H and O–H groups in total. The van der Waals surface area contributed by atoms with Crippen molar-refractivity contribution in [2.75, 3.05) is 6.61 Å². The van der Waals surface area contributed by atoms with E-state index in [2.05, 4.69) is 12.2 Å². The quantitative estimate of drug-likeness (QED) is 0.309. The molecule has 0 aromatic heterocycles. The first-order valence-corrected chi connectivity index (χ1v) is 11.8. The summed E-state index contributed by atoms with van der Waals surface area (Å²) in [5, 5.41) is 0. The molecule has 7 rings (SSSR count). The highest BCUT2D eigenvalue weighted by Gasteiger charge is 2.67. The van der Waals surface area contributed by atoms with E-state index >= 15 is 0 Å². The summed E-state index contributed by atoms with van der Waals surface area (Å²) in [5.41, 5.74) is 0.526. The van der Waals surface area contributed by atoms with Crippen LogP contribution >= 0.6 is 0 Å². The molecule has 0 unspecified atom stereocenters. The van der Waals surface area contributed by atoms with Gasteiger partial charge in [0.05, 0.1) is 17.8 Å². The van der Waals surface area contributed by atoms with Crippen LogP contribution in [0.15, 0.2) is 42.5 Å². The number of nitrogens with zero attached hydrogens (tertiary/aromatic N) is 1. The summed E-state index contributed by atoms with van der Waals surface area (Å²) >= 11 is 0. The fourth-order valence-electron chi connectivity index (χ4n) is 6.87. The molecule has 6 nitrogen and oxygen atoms in total.